The van der Waals surface area contributed by atoms with Gasteiger partial charge >= 0.3 is 0 Å². The largest absolute Gasteiger partial charge is 0.259 e. The summed E-state index contributed by atoms with van der Waals surface area (Å²) in [6.45, 7) is 4.43. The van der Waals surface area contributed by atoms with Crippen LogP contribution in [-0.2, 0) is 0 Å². The number of benzene rings is 3. The van der Waals surface area contributed by atoms with E-state index < -0.39 is 0 Å². The molecule has 0 saturated carbocycles. The number of fused-ring (bicyclic) bond motifs is 2. The van der Waals surface area contributed by atoms with Gasteiger partial charge < -0.3 is 0 Å². The fraction of sp³-hybridized carbons (Fsp3) is 0.148. The van der Waals surface area contributed by atoms with Gasteiger partial charge in [-0.05, 0) is 49.2 Å². The van der Waals surface area contributed by atoms with Gasteiger partial charge in [0.05, 0.1) is 23.5 Å². The molecule has 0 aliphatic carbocycles. The van der Waals surface area contributed by atoms with Crippen molar-refractivity contribution < 1.29 is 0 Å². The third-order valence-corrected chi connectivity index (χ3v) is 6.26. The Morgan fingerprint density at radius 2 is 1.00 bits per heavy atom. The second-order valence-corrected chi connectivity index (χ2v) is 8.37. The maximum atomic E-state index is 5.26. The van der Waals surface area contributed by atoms with Crippen LogP contribution in [-0.4, -0.2) is 4.98 Å². The van der Waals surface area contributed by atoms with Crippen LogP contribution in [0.3, 0.4) is 0 Å². The molecule has 2 aliphatic heterocycles. The highest BCUT2D eigenvalue weighted by atomic mass is 15.6. The normalized spacial score (nSPS) is 19.2. The summed E-state index contributed by atoms with van der Waals surface area (Å²) in [6, 6.07) is 31.7. The minimum Gasteiger partial charge on any atom is -0.259 e. The Morgan fingerprint density at radius 1 is 0.594 bits per heavy atom. The Bertz CT molecular complexity index is 1180. The van der Waals surface area contributed by atoms with Crippen molar-refractivity contribution >= 4 is 23.0 Å². The average Bonchev–Trinajstić information content (AvgIpc) is 3.36. The Kier molecular flexibility index (Phi) is 4.45. The zero-order valence-corrected chi connectivity index (χ0v) is 18.2. The van der Waals surface area contributed by atoms with Gasteiger partial charge in [-0.15, -0.1) is 0 Å². The lowest BCUT2D eigenvalue weighted by Gasteiger charge is -2.22. The number of hydrogen-bond acceptors (Lipinski definition) is 5. The first kappa shape index (κ1) is 19.0. The smallest absolute Gasteiger partial charge is 0.155 e. The SMILES string of the molecule is CC1NN(c2ccccc2)c2nc3c(c(-c4ccccc4)c21)C(C)NN3c1ccccc1. The molecule has 6 rings (SSSR count). The molecular formula is C27H25N5. The maximum absolute atomic E-state index is 5.26. The van der Waals surface area contributed by atoms with Gasteiger partial charge in [0.2, 0.25) is 0 Å². The van der Waals surface area contributed by atoms with E-state index >= 15 is 0 Å². The van der Waals surface area contributed by atoms with Crippen molar-refractivity contribution in [3.8, 4) is 11.1 Å². The highest BCUT2D eigenvalue weighted by molar-refractivity contribution is 5.87. The molecule has 0 saturated heterocycles. The topological polar surface area (TPSA) is 43.4 Å². The number of nitrogens with zero attached hydrogens (tertiary/aromatic N) is 3. The Balaban J connectivity index is 1.63. The number of para-hydroxylation sites is 2. The summed E-state index contributed by atoms with van der Waals surface area (Å²) in [7, 11) is 0. The molecule has 2 aliphatic rings. The van der Waals surface area contributed by atoms with Crippen LogP contribution < -0.4 is 20.9 Å². The van der Waals surface area contributed by atoms with Gasteiger partial charge in [0.1, 0.15) is 0 Å². The van der Waals surface area contributed by atoms with Crippen LogP contribution >= 0.6 is 0 Å². The molecule has 3 aromatic carbocycles. The first-order valence-corrected chi connectivity index (χ1v) is 11.1. The summed E-state index contributed by atoms with van der Waals surface area (Å²) < 4.78 is 0. The van der Waals surface area contributed by atoms with E-state index in [9.17, 15) is 0 Å². The van der Waals surface area contributed by atoms with Crippen molar-refractivity contribution in [2.45, 2.75) is 25.9 Å². The number of hydrogen-bond donors (Lipinski definition) is 2. The van der Waals surface area contributed by atoms with Crippen molar-refractivity contribution in [1.82, 2.24) is 15.8 Å². The van der Waals surface area contributed by atoms with E-state index in [2.05, 4.69) is 114 Å². The van der Waals surface area contributed by atoms with Gasteiger partial charge in [-0.3, -0.25) is 10.0 Å². The standard InChI is InChI=1S/C27H25N5/c1-18-23-25(20-12-6-3-7-13-20)24-19(2)30-32(22-16-10-5-11-17-22)27(24)28-26(23)31(29-18)21-14-8-4-9-15-21/h3-19,29-30H,1-2H3. The molecule has 0 bridgehead atoms. The molecule has 0 fully saturated rings. The van der Waals surface area contributed by atoms with E-state index in [4.69, 9.17) is 4.98 Å². The lowest BCUT2D eigenvalue weighted by Crippen LogP contribution is -2.30. The molecule has 4 aromatic rings. The molecule has 2 atom stereocenters. The minimum absolute atomic E-state index is 0.135. The molecule has 3 heterocycles. The highest BCUT2D eigenvalue weighted by Gasteiger charge is 2.39. The molecule has 5 heteroatoms. The average molecular weight is 420 g/mol. The van der Waals surface area contributed by atoms with Crippen molar-refractivity contribution in [2.24, 2.45) is 0 Å². The minimum atomic E-state index is 0.135. The van der Waals surface area contributed by atoms with E-state index in [0.717, 1.165) is 23.0 Å². The number of hydrazine groups is 2. The highest BCUT2D eigenvalue weighted by Crippen LogP contribution is 2.50. The molecule has 158 valence electrons. The van der Waals surface area contributed by atoms with Gasteiger partial charge in [0, 0.05) is 11.1 Å². The van der Waals surface area contributed by atoms with Crippen molar-refractivity contribution in [2.75, 3.05) is 10.0 Å². The van der Waals surface area contributed by atoms with Gasteiger partial charge in [0.15, 0.2) is 11.6 Å². The third-order valence-electron chi connectivity index (χ3n) is 6.26. The van der Waals surface area contributed by atoms with Crippen molar-refractivity contribution in [3.05, 3.63) is 102 Å². The molecule has 0 radical (unpaired) electrons. The quantitative estimate of drug-likeness (QED) is 0.415. The second kappa shape index (κ2) is 7.48. The van der Waals surface area contributed by atoms with Crippen LogP contribution in [0.4, 0.5) is 23.0 Å². The summed E-state index contributed by atoms with van der Waals surface area (Å²) in [5.74, 6) is 1.91. The van der Waals surface area contributed by atoms with E-state index in [1.54, 1.807) is 0 Å². The molecular weight excluding hydrogens is 394 g/mol. The van der Waals surface area contributed by atoms with E-state index in [-0.39, 0.29) is 12.1 Å². The van der Waals surface area contributed by atoms with Gasteiger partial charge in [-0.25, -0.2) is 15.8 Å². The zero-order chi connectivity index (χ0) is 21.7. The zero-order valence-electron chi connectivity index (χ0n) is 18.2. The summed E-state index contributed by atoms with van der Waals surface area (Å²) in [4.78, 5) is 5.26. The molecule has 0 spiro atoms. The maximum Gasteiger partial charge on any atom is 0.155 e. The Hall–Kier alpha value is -3.67. The van der Waals surface area contributed by atoms with E-state index in [1.165, 1.54) is 22.3 Å². The monoisotopic (exact) mass is 419 g/mol. The first-order chi connectivity index (χ1) is 15.7. The lowest BCUT2D eigenvalue weighted by molar-refractivity contribution is 0.624. The Morgan fingerprint density at radius 3 is 1.44 bits per heavy atom. The van der Waals surface area contributed by atoms with Crippen LogP contribution in [0.5, 0.6) is 0 Å². The Labute approximate surface area is 188 Å². The predicted molar refractivity (Wildman–Crippen MR) is 130 cm³/mol. The number of nitrogens with one attached hydrogen (secondary N) is 2. The number of pyridine rings is 1. The summed E-state index contributed by atoms with van der Waals surface area (Å²) in [5.41, 5.74) is 14.4. The van der Waals surface area contributed by atoms with Gasteiger partial charge in [-0.2, -0.15) is 0 Å². The molecule has 2 unspecified atom stereocenters. The first-order valence-electron chi connectivity index (χ1n) is 11.1. The molecule has 2 N–H and O–H groups in total. The number of anilines is 4. The predicted octanol–water partition coefficient (Wildman–Crippen LogP) is 6.18. The summed E-state index contributed by atoms with van der Waals surface area (Å²) in [5, 5.41) is 4.25. The lowest BCUT2D eigenvalue weighted by atomic mass is 9.90. The van der Waals surface area contributed by atoms with Crippen LogP contribution in [0.2, 0.25) is 0 Å². The van der Waals surface area contributed by atoms with Crippen molar-refractivity contribution in [3.63, 3.8) is 0 Å². The second-order valence-electron chi connectivity index (χ2n) is 8.37. The molecule has 32 heavy (non-hydrogen) atoms. The van der Waals surface area contributed by atoms with Crippen LogP contribution in [0.25, 0.3) is 11.1 Å². The number of aromatic nitrogens is 1. The fourth-order valence-corrected chi connectivity index (χ4v) is 4.85. The van der Waals surface area contributed by atoms with Crippen LogP contribution in [0.15, 0.2) is 91.0 Å². The van der Waals surface area contributed by atoms with Crippen LogP contribution in [0.1, 0.15) is 37.1 Å². The molecule has 5 nitrogen and oxygen atoms in total. The number of rotatable bonds is 3. The van der Waals surface area contributed by atoms with Gasteiger partial charge in [-0.1, -0.05) is 66.7 Å². The molecule has 1 aromatic heterocycles. The van der Waals surface area contributed by atoms with Gasteiger partial charge in [0.25, 0.3) is 0 Å². The summed E-state index contributed by atoms with van der Waals surface area (Å²) >= 11 is 0. The summed E-state index contributed by atoms with van der Waals surface area (Å²) in [6.07, 6.45) is 0. The third kappa shape index (κ3) is 2.90. The van der Waals surface area contributed by atoms with E-state index in [0.29, 0.717) is 0 Å². The molecule has 0 amide bonds. The van der Waals surface area contributed by atoms with Crippen molar-refractivity contribution in [1.29, 1.82) is 0 Å². The van der Waals surface area contributed by atoms with E-state index in [1.807, 2.05) is 12.1 Å². The van der Waals surface area contributed by atoms with Crippen LogP contribution in [0, 0.1) is 0 Å². The fourth-order valence-electron chi connectivity index (χ4n) is 4.85.